The van der Waals surface area contributed by atoms with E-state index in [4.69, 9.17) is 0 Å². The molecule has 6 rings (SSSR count). The summed E-state index contributed by atoms with van der Waals surface area (Å²) in [7, 11) is 0. The second-order valence-corrected chi connectivity index (χ2v) is 9.88. The molecule has 0 atom stereocenters. The van der Waals surface area contributed by atoms with E-state index in [0.717, 1.165) is 66.7 Å². The predicted molar refractivity (Wildman–Crippen MR) is 144 cm³/mol. The average molecular weight is 496 g/mol. The molecule has 1 aliphatic carbocycles. The van der Waals surface area contributed by atoms with Gasteiger partial charge in [-0.25, -0.2) is 4.68 Å². The Balaban J connectivity index is 1.12. The van der Waals surface area contributed by atoms with Crippen LogP contribution in [0.4, 0.5) is 17.1 Å². The summed E-state index contributed by atoms with van der Waals surface area (Å²) in [5, 5.41) is 21.2. The van der Waals surface area contributed by atoms with E-state index in [2.05, 4.69) is 20.6 Å². The van der Waals surface area contributed by atoms with Gasteiger partial charge in [-0.2, -0.15) is 5.10 Å². The fourth-order valence-electron chi connectivity index (χ4n) is 4.67. The van der Waals surface area contributed by atoms with Crippen molar-refractivity contribution in [3.05, 3.63) is 78.5 Å². The molecule has 8 nitrogen and oxygen atoms in total. The first-order valence-corrected chi connectivity index (χ1v) is 12.8. The summed E-state index contributed by atoms with van der Waals surface area (Å²) >= 11 is 0. The highest BCUT2D eigenvalue weighted by molar-refractivity contribution is 6.05. The summed E-state index contributed by atoms with van der Waals surface area (Å²) in [6, 6.07) is 20.9. The predicted octanol–water partition coefficient (Wildman–Crippen LogP) is 4.59. The number of anilines is 3. The maximum absolute atomic E-state index is 12.9. The fourth-order valence-corrected chi connectivity index (χ4v) is 4.67. The van der Waals surface area contributed by atoms with Crippen LogP contribution in [-0.2, 0) is 4.79 Å². The number of hydrogen-bond donors (Lipinski definition) is 3. The van der Waals surface area contributed by atoms with Crippen molar-refractivity contribution in [2.24, 2.45) is 5.92 Å². The van der Waals surface area contributed by atoms with Gasteiger partial charge in [-0.15, -0.1) is 0 Å². The molecule has 0 spiro atoms. The Kier molecular flexibility index (Phi) is 6.10. The molecule has 8 heteroatoms. The van der Waals surface area contributed by atoms with E-state index in [1.807, 2.05) is 72.9 Å². The number of aromatic nitrogens is 2. The van der Waals surface area contributed by atoms with Gasteiger partial charge in [-0.1, -0.05) is 0 Å². The number of aliphatic hydroxyl groups is 1. The van der Waals surface area contributed by atoms with E-state index < -0.39 is 0 Å². The molecule has 2 aliphatic rings. The van der Waals surface area contributed by atoms with Crippen LogP contribution in [0.3, 0.4) is 0 Å². The van der Waals surface area contributed by atoms with Gasteiger partial charge < -0.3 is 20.6 Å². The number of aliphatic hydroxyl groups excluding tert-OH is 1. The number of hydrogen-bond acceptors (Lipinski definition) is 5. The minimum Gasteiger partial charge on any atom is -0.393 e. The minimum atomic E-state index is -0.211. The van der Waals surface area contributed by atoms with Crippen LogP contribution >= 0.6 is 0 Å². The van der Waals surface area contributed by atoms with Crippen molar-refractivity contribution in [2.75, 3.05) is 28.6 Å². The lowest BCUT2D eigenvalue weighted by Gasteiger charge is -2.31. The highest BCUT2D eigenvalue weighted by Gasteiger charge is 2.29. The summed E-state index contributed by atoms with van der Waals surface area (Å²) in [6.07, 6.45) is 5.20. The van der Waals surface area contributed by atoms with Crippen molar-refractivity contribution in [1.82, 2.24) is 9.78 Å². The number of piperidine rings is 1. The molecule has 4 aromatic rings. The van der Waals surface area contributed by atoms with Gasteiger partial charge in [-0.05, 0) is 92.4 Å². The van der Waals surface area contributed by atoms with Gasteiger partial charge in [0.25, 0.3) is 5.91 Å². The Hall–Kier alpha value is -4.17. The Morgan fingerprint density at radius 3 is 2.19 bits per heavy atom. The molecule has 0 unspecified atom stereocenters. The summed E-state index contributed by atoms with van der Waals surface area (Å²) in [5.74, 6) is 0.0857. The number of benzene rings is 3. The zero-order valence-corrected chi connectivity index (χ0v) is 20.4. The molecule has 2 amide bonds. The first kappa shape index (κ1) is 23.2. The van der Waals surface area contributed by atoms with Crippen molar-refractivity contribution in [3.8, 4) is 5.69 Å². The third kappa shape index (κ3) is 5.20. The van der Waals surface area contributed by atoms with Gasteiger partial charge in [0.2, 0.25) is 5.91 Å². The van der Waals surface area contributed by atoms with Crippen LogP contribution in [0.25, 0.3) is 16.6 Å². The number of carbonyl (C=O) groups is 2. The number of fused-ring (bicyclic) bond motifs is 1. The number of carbonyl (C=O) groups excluding carboxylic acids is 2. The van der Waals surface area contributed by atoms with Crippen LogP contribution in [-0.4, -0.2) is 45.9 Å². The molecule has 0 radical (unpaired) electrons. The number of nitrogens with one attached hydrogen (secondary N) is 2. The van der Waals surface area contributed by atoms with Crippen LogP contribution in [0.15, 0.2) is 72.9 Å². The minimum absolute atomic E-state index is 0.0887. The highest BCUT2D eigenvalue weighted by Crippen LogP contribution is 2.30. The maximum atomic E-state index is 12.9. The lowest BCUT2D eigenvalue weighted by Crippen LogP contribution is -2.35. The lowest BCUT2D eigenvalue weighted by molar-refractivity contribution is -0.117. The van der Waals surface area contributed by atoms with Crippen molar-refractivity contribution in [2.45, 2.75) is 31.8 Å². The van der Waals surface area contributed by atoms with E-state index >= 15 is 0 Å². The largest absolute Gasteiger partial charge is 0.393 e. The van der Waals surface area contributed by atoms with Gasteiger partial charge in [0.1, 0.15) is 0 Å². The lowest BCUT2D eigenvalue weighted by atomic mass is 10.1. The van der Waals surface area contributed by atoms with E-state index in [1.165, 1.54) is 0 Å². The summed E-state index contributed by atoms with van der Waals surface area (Å²) in [5.41, 5.74) is 4.84. The molecular weight excluding hydrogens is 466 g/mol. The van der Waals surface area contributed by atoms with Crippen LogP contribution in [0.2, 0.25) is 0 Å². The first-order valence-electron chi connectivity index (χ1n) is 12.8. The summed E-state index contributed by atoms with van der Waals surface area (Å²) in [6.45, 7) is 1.64. The second kappa shape index (κ2) is 9.71. The Bertz CT molecular complexity index is 1430. The maximum Gasteiger partial charge on any atom is 0.255 e. The quantitative estimate of drug-likeness (QED) is 0.363. The van der Waals surface area contributed by atoms with Crippen molar-refractivity contribution in [1.29, 1.82) is 0 Å². The first-order chi connectivity index (χ1) is 18.0. The SMILES string of the molecule is O=C(Nc1ccc2nn(-c3ccc(NC(=O)C4CC4)cc3)cc2c1)c1ccc(N2CCC(O)CC2)cc1. The summed E-state index contributed by atoms with van der Waals surface area (Å²) < 4.78 is 1.79. The van der Waals surface area contributed by atoms with Crippen molar-refractivity contribution < 1.29 is 14.7 Å². The van der Waals surface area contributed by atoms with E-state index in [0.29, 0.717) is 11.3 Å². The Morgan fingerprint density at radius 2 is 1.49 bits per heavy atom. The van der Waals surface area contributed by atoms with Crippen molar-refractivity contribution in [3.63, 3.8) is 0 Å². The van der Waals surface area contributed by atoms with E-state index in [1.54, 1.807) is 4.68 Å². The monoisotopic (exact) mass is 495 g/mol. The molecule has 2 heterocycles. The molecule has 37 heavy (non-hydrogen) atoms. The number of rotatable bonds is 6. The smallest absolute Gasteiger partial charge is 0.255 e. The van der Waals surface area contributed by atoms with Crippen LogP contribution in [0.5, 0.6) is 0 Å². The number of nitrogens with zero attached hydrogens (tertiary/aromatic N) is 3. The van der Waals surface area contributed by atoms with E-state index in [9.17, 15) is 14.7 Å². The fraction of sp³-hybridized carbons (Fsp3) is 0.276. The second-order valence-electron chi connectivity index (χ2n) is 9.88. The molecule has 1 aromatic heterocycles. The standard InChI is InChI=1S/C29H29N5O3/c35-26-13-15-33(16-14-26)24-8-3-20(4-9-24)29(37)31-23-7-12-27-21(17-23)18-34(32-27)25-10-5-22(6-11-25)30-28(36)19-1-2-19/h3-12,17-19,26,35H,1-2,13-16H2,(H,30,36)(H,31,37). The van der Waals surface area contributed by atoms with Gasteiger partial charge in [0.15, 0.2) is 0 Å². The van der Waals surface area contributed by atoms with Gasteiger partial charge in [0.05, 0.1) is 17.3 Å². The molecular formula is C29H29N5O3. The molecule has 1 aliphatic heterocycles. The summed E-state index contributed by atoms with van der Waals surface area (Å²) in [4.78, 5) is 27.1. The van der Waals surface area contributed by atoms with Gasteiger partial charge in [0, 0.05) is 53.2 Å². The third-order valence-electron chi connectivity index (χ3n) is 7.07. The van der Waals surface area contributed by atoms with Crippen molar-refractivity contribution >= 4 is 39.8 Å². The normalized spacial score (nSPS) is 16.1. The van der Waals surface area contributed by atoms with Gasteiger partial charge >= 0.3 is 0 Å². The molecule has 3 aromatic carbocycles. The molecule has 0 bridgehead atoms. The topological polar surface area (TPSA) is 99.5 Å². The number of amides is 2. The van der Waals surface area contributed by atoms with Crippen LogP contribution in [0, 0.1) is 5.92 Å². The third-order valence-corrected chi connectivity index (χ3v) is 7.07. The average Bonchev–Trinajstić information content (AvgIpc) is 3.69. The highest BCUT2D eigenvalue weighted by atomic mass is 16.3. The molecule has 1 saturated carbocycles. The molecule has 3 N–H and O–H groups in total. The van der Waals surface area contributed by atoms with Crippen LogP contribution < -0.4 is 15.5 Å². The van der Waals surface area contributed by atoms with Crippen LogP contribution in [0.1, 0.15) is 36.0 Å². The Morgan fingerprint density at radius 1 is 0.811 bits per heavy atom. The molecule has 2 fully saturated rings. The van der Waals surface area contributed by atoms with Gasteiger partial charge in [-0.3, -0.25) is 9.59 Å². The zero-order chi connectivity index (χ0) is 25.4. The van der Waals surface area contributed by atoms with E-state index in [-0.39, 0.29) is 23.8 Å². The Labute approximate surface area is 214 Å². The molecule has 1 saturated heterocycles. The zero-order valence-electron chi connectivity index (χ0n) is 20.4. The molecule has 188 valence electrons.